The molecule has 0 rings (SSSR count). The zero-order valence-corrected chi connectivity index (χ0v) is 15.8. The third-order valence-electron chi connectivity index (χ3n) is 4.62. The van der Waals surface area contributed by atoms with Gasteiger partial charge in [0.1, 0.15) is 0 Å². The van der Waals surface area contributed by atoms with Gasteiger partial charge in [0.25, 0.3) is 0 Å². The smallest absolute Gasteiger partial charge is 0.330 e. The van der Waals surface area contributed by atoms with E-state index in [9.17, 15) is 4.79 Å². The Bertz CT molecular complexity index is 273. The number of carbonyl (C=O) groups excluding carboxylic acids is 1. The second-order valence-corrected chi connectivity index (χ2v) is 6.79. The summed E-state index contributed by atoms with van der Waals surface area (Å²) in [6.07, 6.45) is 19.7. The zero-order valence-electron chi connectivity index (χ0n) is 15.8. The van der Waals surface area contributed by atoms with Crippen LogP contribution in [0.3, 0.4) is 0 Å². The van der Waals surface area contributed by atoms with E-state index >= 15 is 0 Å². The first kappa shape index (κ1) is 22.2. The summed E-state index contributed by atoms with van der Waals surface area (Å²) in [6, 6.07) is 0. The fraction of sp³-hybridized carbons (Fsp3) is 0.857. The van der Waals surface area contributed by atoms with Gasteiger partial charge in [-0.25, -0.2) is 4.79 Å². The molecule has 0 aromatic carbocycles. The van der Waals surface area contributed by atoms with Crippen molar-refractivity contribution < 1.29 is 9.53 Å². The van der Waals surface area contributed by atoms with E-state index in [4.69, 9.17) is 4.74 Å². The van der Waals surface area contributed by atoms with Crippen molar-refractivity contribution in [3.05, 3.63) is 12.7 Å². The van der Waals surface area contributed by atoms with Gasteiger partial charge in [-0.3, -0.25) is 0 Å². The fourth-order valence-corrected chi connectivity index (χ4v) is 3.07. The molecule has 0 radical (unpaired) electrons. The number of esters is 1. The fourth-order valence-electron chi connectivity index (χ4n) is 3.07. The van der Waals surface area contributed by atoms with Crippen LogP contribution >= 0.6 is 0 Å². The maximum atomic E-state index is 11.1. The maximum Gasteiger partial charge on any atom is 0.330 e. The molecule has 0 saturated heterocycles. The molecule has 2 nitrogen and oxygen atoms in total. The summed E-state index contributed by atoms with van der Waals surface area (Å²) < 4.78 is 5.17. The Morgan fingerprint density at radius 3 is 1.78 bits per heavy atom. The molecule has 2 heteroatoms. The molecule has 0 aliphatic carbocycles. The number of hydrogen-bond donors (Lipinski definition) is 0. The number of unbranched alkanes of at least 4 members (excludes halogenated alkanes) is 9. The molecule has 0 bridgehead atoms. The summed E-state index contributed by atoms with van der Waals surface area (Å²) in [4.78, 5) is 11.1. The van der Waals surface area contributed by atoms with Crippen LogP contribution in [0.4, 0.5) is 0 Å². The molecule has 0 N–H and O–H groups in total. The summed E-state index contributed by atoms with van der Waals surface area (Å²) in [6.45, 7) is 8.53. The Morgan fingerprint density at radius 1 is 0.826 bits per heavy atom. The van der Waals surface area contributed by atoms with Crippen LogP contribution in [0.15, 0.2) is 12.7 Å². The predicted octanol–water partition coefficient (Wildman–Crippen LogP) is 6.83. The highest BCUT2D eigenvalue weighted by Crippen LogP contribution is 2.22. The lowest BCUT2D eigenvalue weighted by Gasteiger charge is -2.17. The molecule has 0 heterocycles. The second kappa shape index (κ2) is 17.6. The van der Waals surface area contributed by atoms with Crippen LogP contribution < -0.4 is 0 Å². The van der Waals surface area contributed by atoms with Crippen LogP contribution in [0.2, 0.25) is 0 Å². The Kier molecular flexibility index (Phi) is 17.0. The largest absolute Gasteiger partial charge is 0.463 e. The van der Waals surface area contributed by atoms with Crippen molar-refractivity contribution in [3.8, 4) is 0 Å². The van der Waals surface area contributed by atoms with Crippen LogP contribution in [-0.2, 0) is 9.53 Å². The molecule has 0 fully saturated rings. The number of hydrogen-bond acceptors (Lipinski definition) is 2. The van der Waals surface area contributed by atoms with E-state index in [1.54, 1.807) is 0 Å². The normalized spacial score (nSPS) is 12.1. The van der Waals surface area contributed by atoms with Crippen molar-refractivity contribution in [2.75, 3.05) is 6.61 Å². The lowest BCUT2D eigenvalue weighted by Crippen LogP contribution is -2.09. The Morgan fingerprint density at radius 2 is 1.30 bits per heavy atom. The van der Waals surface area contributed by atoms with Crippen LogP contribution in [0.5, 0.6) is 0 Å². The van der Waals surface area contributed by atoms with Crippen molar-refractivity contribution in [3.63, 3.8) is 0 Å². The van der Waals surface area contributed by atoms with Gasteiger partial charge in [0, 0.05) is 6.08 Å². The van der Waals surface area contributed by atoms with Crippen LogP contribution in [0.25, 0.3) is 0 Å². The average molecular weight is 325 g/mol. The van der Waals surface area contributed by atoms with Gasteiger partial charge in [0.15, 0.2) is 0 Å². The van der Waals surface area contributed by atoms with Crippen molar-refractivity contribution in [2.45, 2.75) is 104 Å². The summed E-state index contributed by atoms with van der Waals surface area (Å²) >= 11 is 0. The third-order valence-corrected chi connectivity index (χ3v) is 4.62. The van der Waals surface area contributed by atoms with Crippen molar-refractivity contribution in [2.24, 2.45) is 5.92 Å². The van der Waals surface area contributed by atoms with Gasteiger partial charge >= 0.3 is 5.97 Å². The quantitative estimate of drug-likeness (QED) is 0.166. The minimum atomic E-state index is -0.286. The Balaban J connectivity index is 3.85. The van der Waals surface area contributed by atoms with E-state index in [2.05, 4.69) is 20.4 Å². The Labute approximate surface area is 145 Å². The van der Waals surface area contributed by atoms with E-state index in [0.717, 1.165) is 12.3 Å². The van der Waals surface area contributed by atoms with Gasteiger partial charge in [-0.1, -0.05) is 104 Å². The Hall–Kier alpha value is -0.790. The van der Waals surface area contributed by atoms with Crippen LogP contribution in [-0.4, -0.2) is 12.6 Å². The van der Waals surface area contributed by atoms with Gasteiger partial charge in [-0.15, -0.1) is 0 Å². The first-order chi connectivity index (χ1) is 11.2. The minimum Gasteiger partial charge on any atom is -0.463 e. The molecule has 0 saturated carbocycles. The summed E-state index contributed by atoms with van der Waals surface area (Å²) in [5, 5.41) is 0. The van der Waals surface area contributed by atoms with Crippen LogP contribution in [0, 0.1) is 5.92 Å². The van der Waals surface area contributed by atoms with Gasteiger partial charge in [0.05, 0.1) is 6.61 Å². The second-order valence-electron chi connectivity index (χ2n) is 6.79. The number of carbonyl (C=O) groups is 1. The van der Waals surface area contributed by atoms with Crippen LogP contribution in [0.1, 0.15) is 104 Å². The molecule has 0 aliphatic rings. The molecular weight excluding hydrogens is 284 g/mol. The molecule has 0 spiro atoms. The first-order valence-electron chi connectivity index (χ1n) is 10.0. The monoisotopic (exact) mass is 324 g/mol. The molecule has 0 aromatic heterocycles. The molecule has 23 heavy (non-hydrogen) atoms. The van der Waals surface area contributed by atoms with E-state index in [-0.39, 0.29) is 5.97 Å². The maximum absolute atomic E-state index is 11.1. The van der Waals surface area contributed by atoms with Crippen molar-refractivity contribution in [1.82, 2.24) is 0 Å². The van der Waals surface area contributed by atoms with Gasteiger partial charge in [-0.05, 0) is 12.3 Å². The zero-order chi connectivity index (χ0) is 17.2. The van der Waals surface area contributed by atoms with E-state index in [0.29, 0.717) is 6.61 Å². The summed E-state index contributed by atoms with van der Waals surface area (Å²) in [5.41, 5.74) is 0. The van der Waals surface area contributed by atoms with Crippen molar-refractivity contribution in [1.29, 1.82) is 0 Å². The molecule has 1 unspecified atom stereocenters. The number of rotatable bonds is 17. The highest BCUT2D eigenvalue weighted by Gasteiger charge is 2.09. The van der Waals surface area contributed by atoms with E-state index in [1.165, 1.54) is 89.5 Å². The molecule has 0 aliphatic heterocycles. The highest BCUT2D eigenvalue weighted by molar-refractivity contribution is 5.81. The van der Waals surface area contributed by atoms with E-state index < -0.39 is 0 Å². The molecule has 136 valence electrons. The van der Waals surface area contributed by atoms with Gasteiger partial charge in [-0.2, -0.15) is 0 Å². The highest BCUT2D eigenvalue weighted by atomic mass is 16.5. The minimum absolute atomic E-state index is 0.286. The predicted molar refractivity (Wildman–Crippen MR) is 101 cm³/mol. The third kappa shape index (κ3) is 15.9. The molecule has 0 aromatic rings. The molecular formula is C21H40O2. The SMILES string of the molecule is C=CC(=O)OCCC(CCCCCCC)CCCCCCCC. The lowest BCUT2D eigenvalue weighted by atomic mass is 9.92. The molecule has 0 amide bonds. The summed E-state index contributed by atoms with van der Waals surface area (Å²) in [7, 11) is 0. The van der Waals surface area contributed by atoms with Gasteiger partial charge < -0.3 is 4.74 Å². The first-order valence-corrected chi connectivity index (χ1v) is 10.0. The lowest BCUT2D eigenvalue weighted by molar-refractivity contribution is -0.138. The number of ether oxygens (including phenoxy) is 1. The van der Waals surface area contributed by atoms with Crippen molar-refractivity contribution >= 4 is 5.97 Å². The van der Waals surface area contributed by atoms with Gasteiger partial charge in [0.2, 0.25) is 0 Å². The standard InChI is InChI=1S/C21H40O2/c1-4-7-9-11-13-15-17-20(16-14-12-10-8-5-2)18-19-23-21(22)6-3/h6,20H,3-5,7-19H2,1-2H3. The van der Waals surface area contributed by atoms with E-state index in [1.807, 2.05) is 0 Å². The average Bonchev–Trinajstić information content (AvgIpc) is 2.56. The topological polar surface area (TPSA) is 26.3 Å². The summed E-state index contributed by atoms with van der Waals surface area (Å²) in [5.74, 6) is 0.437. The molecule has 1 atom stereocenters.